The fourth-order valence-electron chi connectivity index (χ4n) is 3.54. The zero-order valence-electron chi connectivity index (χ0n) is 15.2. The van der Waals surface area contributed by atoms with Crippen LogP contribution in [0.3, 0.4) is 0 Å². The lowest BCUT2D eigenvalue weighted by Crippen LogP contribution is -3.00. The molecule has 2 unspecified atom stereocenters. The molecule has 146 valence electrons. The fourth-order valence-corrected chi connectivity index (χ4v) is 3.54. The van der Waals surface area contributed by atoms with Crippen LogP contribution in [-0.2, 0) is 17.7 Å². The lowest BCUT2D eigenvalue weighted by atomic mass is 10.00. The van der Waals surface area contributed by atoms with Gasteiger partial charge in [-0.15, -0.1) is 0 Å². The molecular formula is C21H25ClNO4-. The quantitative estimate of drug-likeness (QED) is 0.704. The fraction of sp³-hybridized carbons (Fsp3) is 0.429. The van der Waals surface area contributed by atoms with Crippen molar-refractivity contribution >= 4 is 0 Å². The highest BCUT2D eigenvalue weighted by atomic mass is 35.5. The van der Waals surface area contributed by atoms with Crippen LogP contribution in [0.1, 0.15) is 11.1 Å². The van der Waals surface area contributed by atoms with Crippen molar-refractivity contribution < 1.29 is 31.7 Å². The summed E-state index contributed by atoms with van der Waals surface area (Å²) < 4.78 is 17.2. The number of β-amino-alcohol motifs (C(OH)–C–C–N with tert-alkyl or cyclic N) is 1. The number of para-hydroxylation sites is 2. The Morgan fingerprint density at radius 2 is 1.81 bits per heavy atom. The van der Waals surface area contributed by atoms with Gasteiger partial charge in [0, 0.05) is 19.6 Å². The minimum atomic E-state index is -0.503. The first-order valence-corrected chi connectivity index (χ1v) is 9.21. The molecule has 0 fully saturated rings. The molecule has 2 aliphatic rings. The predicted octanol–water partition coefficient (Wildman–Crippen LogP) is -0.734. The molecule has 5 nitrogen and oxygen atoms in total. The molecule has 0 saturated carbocycles. The minimum Gasteiger partial charge on any atom is -1.00 e. The van der Waals surface area contributed by atoms with Crippen molar-refractivity contribution in [3.8, 4) is 11.5 Å². The molecule has 0 radical (unpaired) electrons. The van der Waals surface area contributed by atoms with E-state index in [1.807, 2.05) is 24.3 Å². The van der Waals surface area contributed by atoms with Crippen LogP contribution in [-0.4, -0.2) is 55.1 Å². The molecule has 6 heteroatoms. The van der Waals surface area contributed by atoms with Crippen LogP contribution in [0, 0.1) is 0 Å². The van der Waals surface area contributed by atoms with Gasteiger partial charge in [-0.05, 0) is 29.7 Å². The predicted molar refractivity (Wildman–Crippen MR) is 98.6 cm³/mol. The van der Waals surface area contributed by atoms with E-state index in [4.69, 9.17) is 14.2 Å². The SMILES string of the molecule is OC(COCC1COc2ccccc2O1)CN1CCc2ccccc2C1.[Cl-]. The summed E-state index contributed by atoms with van der Waals surface area (Å²) in [6.45, 7) is 3.68. The third kappa shape index (κ3) is 5.14. The number of halogens is 1. The number of fused-ring (bicyclic) bond motifs is 2. The third-order valence-electron chi connectivity index (χ3n) is 4.86. The summed E-state index contributed by atoms with van der Waals surface area (Å²) in [5.41, 5.74) is 2.78. The molecular weight excluding hydrogens is 366 g/mol. The van der Waals surface area contributed by atoms with Crippen LogP contribution in [0.25, 0.3) is 0 Å². The van der Waals surface area contributed by atoms with Gasteiger partial charge in [0.1, 0.15) is 6.61 Å². The van der Waals surface area contributed by atoms with Gasteiger partial charge in [-0.3, -0.25) is 4.90 Å². The molecule has 2 aromatic carbocycles. The standard InChI is InChI=1S/C21H25NO4.ClH/c23-18(12-22-10-9-16-5-1-2-6-17(16)11-22)13-24-14-19-15-25-20-7-3-4-8-21(20)26-19;/h1-8,18-19,23H,9-15H2;1H/p-1. The monoisotopic (exact) mass is 390 g/mol. The van der Waals surface area contributed by atoms with Crippen molar-refractivity contribution in [2.24, 2.45) is 0 Å². The van der Waals surface area contributed by atoms with Gasteiger partial charge < -0.3 is 31.7 Å². The maximum Gasteiger partial charge on any atom is 0.161 e. The Labute approximate surface area is 166 Å². The molecule has 2 aromatic rings. The van der Waals surface area contributed by atoms with E-state index in [0.29, 0.717) is 26.4 Å². The van der Waals surface area contributed by atoms with E-state index < -0.39 is 6.10 Å². The molecule has 1 N–H and O–H groups in total. The molecule has 0 amide bonds. The highest BCUT2D eigenvalue weighted by Crippen LogP contribution is 2.30. The van der Waals surface area contributed by atoms with Crippen LogP contribution < -0.4 is 21.9 Å². The average Bonchev–Trinajstić information content (AvgIpc) is 2.68. The Morgan fingerprint density at radius 3 is 2.67 bits per heavy atom. The molecule has 27 heavy (non-hydrogen) atoms. The number of aliphatic hydroxyl groups excluding tert-OH is 1. The number of hydrogen-bond donors (Lipinski definition) is 1. The van der Waals surface area contributed by atoms with Crippen LogP contribution in [0.15, 0.2) is 48.5 Å². The van der Waals surface area contributed by atoms with E-state index in [9.17, 15) is 5.11 Å². The summed E-state index contributed by atoms with van der Waals surface area (Å²) in [4.78, 5) is 2.28. The number of nitrogens with zero attached hydrogens (tertiary/aromatic N) is 1. The second-order valence-corrected chi connectivity index (χ2v) is 6.94. The molecule has 0 aromatic heterocycles. The van der Waals surface area contributed by atoms with Crippen LogP contribution in [0.5, 0.6) is 11.5 Å². The maximum atomic E-state index is 10.3. The largest absolute Gasteiger partial charge is 1.00 e. The maximum absolute atomic E-state index is 10.3. The first kappa shape index (κ1) is 20.0. The van der Waals surface area contributed by atoms with E-state index in [-0.39, 0.29) is 18.5 Å². The van der Waals surface area contributed by atoms with E-state index >= 15 is 0 Å². The first-order valence-electron chi connectivity index (χ1n) is 9.21. The first-order chi connectivity index (χ1) is 12.8. The number of ether oxygens (including phenoxy) is 3. The summed E-state index contributed by atoms with van der Waals surface area (Å²) in [5.74, 6) is 1.52. The molecule has 4 rings (SSSR count). The van der Waals surface area contributed by atoms with Crippen molar-refractivity contribution in [1.29, 1.82) is 0 Å². The smallest absolute Gasteiger partial charge is 0.161 e. The van der Waals surface area contributed by atoms with Crippen molar-refractivity contribution in [2.45, 2.75) is 25.2 Å². The van der Waals surface area contributed by atoms with Crippen LogP contribution >= 0.6 is 0 Å². The van der Waals surface area contributed by atoms with E-state index in [1.54, 1.807) is 0 Å². The van der Waals surface area contributed by atoms with Gasteiger partial charge in [-0.2, -0.15) is 0 Å². The molecule has 2 heterocycles. The van der Waals surface area contributed by atoms with Gasteiger partial charge in [0.15, 0.2) is 17.6 Å². The average molecular weight is 391 g/mol. The minimum absolute atomic E-state index is 0. The topological polar surface area (TPSA) is 51.2 Å². The van der Waals surface area contributed by atoms with Crippen molar-refractivity contribution in [3.05, 3.63) is 59.7 Å². The summed E-state index contributed by atoms with van der Waals surface area (Å²) in [5, 5.41) is 10.3. The normalized spacial score (nSPS) is 19.7. The van der Waals surface area contributed by atoms with E-state index in [0.717, 1.165) is 31.0 Å². The van der Waals surface area contributed by atoms with E-state index in [1.165, 1.54) is 11.1 Å². The van der Waals surface area contributed by atoms with Gasteiger partial charge in [0.05, 0.1) is 19.3 Å². The molecule has 0 aliphatic carbocycles. The third-order valence-corrected chi connectivity index (χ3v) is 4.86. The Kier molecular flexibility index (Phi) is 6.96. The summed E-state index contributed by atoms with van der Waals surface area (Å²) in [6.07, 6.45) is 0.396. The summed E-state index contributed by atoms with van der Waals surface area (Å²) in [6, 6.07) is 16.2. The van der Waals surface area contributed by atoms with Crippen molar-refractivity contribution in [1.82, 2.24) is 4.90 Å². The lowest BCUT2D eigenvalue weighted by molar-refractivity contribution is -0.0298. The molecule has 0 spiro atoms. The molecule has 0 bridgehead atoms. The Hall–Kier alpha value is -1.79. The number of hydrogen-bond acceptors (Lipinski definition) is 5. The van der Waals surface area contributed by atoms with Crippen LogP contribution in [0.4, 0.5) is 0 Å². The second kappa shape index (κ2) is 9.42. The molecule has 2 atom stereocenters. The Bertz CT molecular complexity index is 742. The zero-order chi connectivity index (χ0) is 17.8. The van der Waals surface area contributed by atoms with Gasteiger partial charge >= 0.3 is 0 Å². The highest BCUT2D eigenvalue weighted by Gasteiger charge is 2.22. The number of benzene rings is 2. The number of rotatable bonds is 6. The Balaban J connectivity index is 0.00000210. The van der Waals surface area contributed by atoms with Crippen LogP contribution in [0.2, 0.25) is 0 Å². The summed E-state index contributed by atoms with van der Waals surface area (Å²) >= 11 is 0. The zero-order valence-corrected chi connectivity index (χ0v) is 16.0. The summed E-state index contributed by atoms with van der Waals surface area (Å²) in [7, 11) is 0. The van der Waals surface area contributed by atoms with Gasteiger partial charge in [0.2, 0.25) is 0 Å². The molecule has 0 saturated heterocycles. The lowest BCUT2D eigenvalue weighted by Gasteiger charge is -2.30. The van der Waals surface area contributed by atoms with Gasteiger partial charge in [-0.1, -0.05) is 36.4 Å². The Morgan fingerprint density at radius 1 is 1.07 bits per heavy atom. The van der Waals surface area contributed by atoms with Crippen molar-refractivity contribution in [2.75, 3.05) is 32.9 Å². The second-order valence-electron chi connectivity index (χ2n) is 6.94. The highest BCUT2D eigenvalue weighted by molar-refractivity contribution is 5.40. The molecule has 2 aliphatic heterocycles. The van der Waals surface area contributed by atoms with Gasteiger partial charge in [-0.25, -0.2) is 0 Å². The number of aliphatic hydroxyl groups is 1. The van der Waals surface area contributed by atoms with E-state index in [2.05, 4.69) is 29.2 Å². The van der Waals surface area contributed by atoms with Gasteiger partial charge in [0.25, 0.3) is 0 Å². The van der Waals surface area contributed by atoms with Crippen molar-refractivity contribution in [3.63, 3.8) is 0 Å².